The van der Waals surface area contributed by atoms with Gasteiger partial charge >= 0.3 is 0 Å². The Kier molecular flexibility index (Phi) is 8.27. The van der Waals surface area contributed by atoms with Crippen LogP contribution in [0.1, 0.15) is 33.5 Å². The van der Waals surface area contributed by atoms with Crippen LogP contribution in [0.25, 0.3) is 0 Å². The maximum atomic E-state index is 12.8. The van der Waals surface area contributed by atoms with E-state index >= 15 is 0 Å². The van der Waals surface area contributed by atoms with E-state index in [-0.39, 0.29) is 17.9 Å². The molecule has 1 atom stereocenters. The highest BCUT2D eigenvalue weighted by atomic mass is 32.1. The Morgan fingerprint density at radius 3 is 2.50 bits per heavy atom. The van der Waals surface area contributed by atoms with E-state index in [1.54, 1.807) is 73.5 Å². The summed E-state index contributed by atoms with van der Waals surface area (Å²) in [5.74, 6) is 1.43. The number of carbonyl (C=O) groups excluding carboxylic acids is 2. The molecule has 36 heavy (non-hydrogen) atoms. The Labute approximate surface area is 211 Å². The number of rotatable bonds is 11. The third-order valence-corrected chi connectivity index (χ3v) is 5.55. The van der Waals surface area contributed by atoms with Gasteiger partial charge in [-0.05, 0) is 43.3 Å². The topological polar surface area (TPSA) is 127 Å². The Morgan fingerprint density at radius 2 is 1.81 bits per heavy atom. The maximum absolute atomic E-state index is 12.8. The van der Waals surface area contributed by atoms with Crippen molar-refractivity contribution in [2.24, 2.45) is 0 Å². The third kappa shape index (κ3) is 6.90. The number of H-pyrrole nitrogens is 1. The van der Waals surface area contributed by atoms with Gasteiger partial charge in [0, 0.05) is 48.3 Å². The van der Waals surface area contributed by atoms with Crippen LogP contribution in [-0.4, -0.2) is 46.6 Å². The minimum absolute atomic E-state index is 0.235. The fraction of sp³-hybridized carbons (Fsp3) is 0.200. The number of aromatic nitrogens is 3. The molecule has 2 aromatic heterocycles. The van der Waals surface area contributed by atoms with Crippen molar-refractivity contribution in [1.82, 2.24) is 20.3 Å². The molecule has 2 heterocycles. The summed E-state index contributed by atoms with van der Waals surface area (Å²) in [6.07, 6.45) is 4.70. The SMILES string of the molecule is COC[C@H](C)Oc1cc(Oc2ccc(C(=O)NCc3ncc[nH]3)cc2)cc(C(=O)Nc2nccs2)c1. The Morgan fingerprint density at radius 1 is 1.00 bits per heavy atom. The summed E-state index contributed by atoms with van der Waals surface area (Å²) in [5.41, 5.74) is 0.819. The zero-order valence-corrected chi connectivity index (χ0v) is 20.5. The molecule has 0 radical (unpaired) electrons. The van der Waals surface area contributed by atoms with Gasteiger partial charge in [0.1, 0.15) is 29.2 Å². The maximum Gasteiger partial charge on any atom is 0.257 e. The summed E-state index contributed by atoms with van der Waals surface area (Å²) in [7, 11) is 1.59. The standard InChI is InChI=1S/C25H25N5O5S/c1-16(15-33-2)34-20-11-18(24(32)30-25-28-9-10-36-25)12-21(13-20)35-19-5-3-17(4-6-19)23(31)29-14-22-26-7-8-27-22/h3-13,16H,14-15H2,1-2H3,(H,26,27)(H,29,31)(H,28,30,32)/t16-/m0/s1. The molecule has 4 aromatic rings. The second kappa shape index (κ2) is 12.0. The molecule has 0 unspecified atom stereocenters. The minimum atomic E-state index is -0.344. The third-order valence-electron chi connectivity index (χ3n) is 4.86. The van der Waals surface area contributed by atoms with E-state index in [9.17, 15) is 9.59 Å². The van der Waals surface area contributed by atoms with E-state index in [2.05, 4.69) is 25.6 Å². The fourth-order valence-electron chi connectivity index (χ4n) is 3.26. The molecular formula is C25H25N5O5S. The molecule has 10 nitrogen and oxygen atoms in total. The second-order valence-electron chi connectivity index (χ2n) is 7.71. The molecule has 0 saturated carbocycles. The van der Waals surface area contributed by atoms with Gasteiger partial charge in [0.2, 0.25) is 0 Å². The summed E-state index contributed by atoms with van der Waals surface area (Å²) in [5, 5.41) is 7.82. The van der Waals surface area contributed by atoms with Crippen LogP contribution in [0.5, 0.6) is 17.2 Å². The van der Waals surface area contributed by atoms with Gasteiger partial charge in [-0.3, -0.25) is 14.9 Å². The van der Waals surface area contributed by atoms with Crippen LogP contribution in [0.15, 0.2) is 66.4 Å². The van der Waals surface area contributed by atoms with E-state index in [1.165, 1.54) is 11.3 Å². The quantitative estimate of drug-likeness (QED) is 0.277. The zero-order valence-electron chi connectivity index (χ0n) is 19.7. The summed E-state index contributed by atoms with van der Waals surface area (Å²) >= 11 is 1.32. The Bertz CT molecular complexity index is 1280. The summed E-state index contributed by atoms with van der Waals surface area (Å²) < 4.78 is 17.0. The van der Waals surface area contributed by atoms with E-state index in [0.717, 1.165) is 0 Å². The first kappa shape index (κ1) is 24.9. The number of ether oxygens (including phenoxy) is 3. The normalized spacial score (nSPS) is 11.5. The van der Waals surface area contributed by atoms with Crippen LogP contribution in [-0.2, 0) is 11.3 Å². The average molecular weight is 508 g/mol. The number of amides is 2. The predicted octanol–water partition coefficient (Wildman–Crippen LogP) is 4.25. The van der Waals surface area contributed by atoms with Crippen LogP contribution in [0.2, 0.25) is 0 Å². The minimum Gasteiger partial charge on any atom is -0.488 e. The molecule has 0 bridgehead atoms. The summed E-state index contributed by atoms with van der Waals surface area (Å²) in [6.45, 7) is 2.54. The van der Waals surface area contributed by atoms with Gasteiger partial charge < -0.3 is 24.5 Å². The number of methoxy groups -OCH3 is 1. The number of carbonyl (C=O) groups is 2. The van der Waals surface area contributed by atoms with E-state index in [1.807, 2.05) is 6.92 Å². The number of aromatic amines is 1. The van der Waals surface area contributed by atoms with Crippen molar-refractivity contribution in [2.75, 3.05) is 19.0 Å². The molecule has 0 spiro atoms. The number of hydrogen-bond acceptors (Lipinski definition) is 8. The molecule has 2 amide bonds. The molecule has 0 aliphatic heterocycles. The lowest BCUT2D eigenvalue weighted by Gasteiger charge is -2.16. The van der Waals surface area contributed by atoms with Crippen molar-refractivity contribution in [3.05, 3.63) is 83.4 Å². The van der Waals surface area contributed by atoms with Gasteiger partial charge in [0.15, 0.2) is 5.13 Å². The highest BCUT2D eigenvalue weighted by Crippen LogP contribution is 2.29. The molecule has 11 heteroatoms. The van der Waals surface area contributed by atoms with Gasteiger partial charge in [-0.1, -0.05) is 0 Å². The largest absolute Gasteiger partial charge is 0.488 e. The number of benzene rings is 2. The van der Waals surface area contributed by atoms with Crippen LogP contribution in [0.4, 0.5) is 5.13 Å². The number of nitrogens with one attached hydrogen (secondary N) is 3. The highest BCUT2D eigenvalue weighted by molar-refractivity contribution is 7.13. The number of anilines is 1. The monoisotopic (exact) mass is 507 g/mol. The molecule has 3 N–H and O–H groups in total. The summed E-state index contributed by atoms with van der Waals surface area (Å²) in [4.78, 5) is 36.3. The van der Waals surface area contributed by atoms with Crippen LogP contribution < -0.4 is 20.1 Å². The number of nitrogens with zero attached hydrogens (tertiary/aromatic N) is 2. The molecule has 0 aliphatic carbocycles. The first-order valence-corrected chi connectivity index (χ1v) is 11.9. The van der Waals surface area contributed by atoms with Crippen LogP contribution in [0, 0.1) is 0 Å². The Hall–Kier alpha value is -4.22. The van der Waals surface area contributed by atoms with Crippen molar-refractivity contribution in [3.8, 4) is 17.2 Å². The van der Waals surface area contributed by atoms with Crippen molar-refractivity contribution >= 4 is 28.3 Å². The molecule has 0 aliphatic rings. The van der Waals surface area contributed by atoms with Crippen molar-refractivity contribution in [2.45, 2.75) is 19.6 Å². The first-order chi connectivity index (χ1) is 17.5. The van der Waals surface area contributed by atoms with E-state index in [0.29, 0.717) is 52.5 Å². The lowest BCUT2D eigenvalue weighted by molar-refractivity contribution is 0.0916. The van der Waals surface area contributed by atoms with E-state index < -0.39 is 0 Å². The molecule has 2 aromatic carbocycles. The van der Waals surface area contributed by atoms with Gasteiger partial charge in [-0.2, -0.15) is 0 Å². The fourth-order valence-corrected chi connectivity index (χ4v) is 3.78. The summed E-state index contributed by atoms with van der Waals surface area (Å²) in [6, 6.07) is 11.6. The number of hydrogen-bond donors (Lipinski definition) is 3. The van der Waals surface area contributed by atoms with Gasteiger partial charge in [0.05, 0.1) is 13.2 Å². The second-order valence-corrected chi connectivity index (χ2v) is 8.61. The average Bonchev–Trinajstić information content (AvgIpc) is 3.57. The lowest BCUT2D eigenvalue weighted by Crippen LogP contribution is -2.23. The van der Waals surface area contributed by atoms with Gasteiger partial charge in [-0.15, -0.1) is 11.3 Å². The van der Waals surface area contributed by atoms with Crippen molar-refractivity contribution in [3.63, 3.8) is 0 Å². The van der Waals surface area contributed by atoms with E-state index in [4.69, 9.17) is 14.2 Å². The highest BCUT2D eigenvalue weighted by Gasteiger charge is 2.14. The van der Waals surface area contributed by atoms with Crippen LogP contribution in [0.3, 0.4) is 0 Å². The van der Waals surface area contributed by atoms with Gasteiger partial charge in [0.25, 0.3) is 11.8 Å². The lowest BCUT2D eigenvalue weighted by atomic mass is 10.1. The van der Waals surface area contributed by atoms with Crippen molar-refractivity contribution < 1.29 is 23.8 Å². The predicted molar refractivity (Wildman–Crippen MR) is 135 cm³/mol. The molecule has 0 saturated heterocycles. The molecule has 0 fully saturated rings. The van der Waals surface area contributed by atoms with Gasteiger partial charge in [-0.25, -0.2) is 9.97 Å². The Balaban J connectivity index is 1.48. The molecular weight excluding hydrogens is 482 g/mol. The zero-order chi connectivity index (χ0) is 25.3. The van der Waals surface area contributed by atoms with Crippen LogP contribution >= 0.6 is 11.3 Å². The molecule has 4 rings (SSSR count). The smallest absolute Gasteiger partial charge is 0.257 e. The first-order valence-electron chi connectivity index (χ1n) is 11.1. The molecule has 186 valence electrons. The number of thiazole rings is 1. The van der Waals surface area contributed by atoms with Crippen molar-refractivity contribution in [1.29, 1.82) is 0 Å². The number of imidazole rings is 1.